The molecule has 2 aromatic heterocycles. The lowest BCUT2D eigenvalue weighted by Gasteiger charge is -2.47. The molecule has 5 saturated heterocycles. The lowest BCUT2D eigenvalue weighted by molar-refractivity contribution is -0.274. The molecule has 21 heteroatoms. The fraction of sp³-hybridized carbons (Fsp3) is 0.509. The summed E-state index contributed by atoms with van der Waals surface area (Å²) >= 11 is 0. The number of fused-ring (bicyclic) bond motifs is 4. The molecule has 2 atom stereocenters. The van der Waals surface area contributed by atoms with E-state index in [-0.39, 0.29) is 92.5 Å². The van der Waals surface area contributed by atoms with E-state index in [2.05, 4.69) is 41.0 Å². The number of nitrogens with zero attached hydrogens (tertiary/aromatic N) is 8. The number of terminal acetylenes is 1. The first-order valence-electron chi connectivity index (χ1n) is 27.2. The van der Waals surface area contributed by atoms with Gasteiger partial charge in [-0.2, -0.15) is 9.97 Å². The molecule has 410 valence electrons. The molecular formula is C57H61F5N10O6. The molecule has 1 spiro atoms. The number of piperidine rings is 1. The minimum absolute atomic E-state index is 0.0178. The Kier molecular flexibility index (Phi) is 13.6. The van der Waals surface area contributed by atoms with Crippen molar-refractivity contribution in [3.63, 3.8) is 0 Å². The van der Waals surface area contributed by atoms with Crippen LogP contribution in [0.3, 0.4) is 0 Å². The summed E-state index contributed by atoms with van der Waals surface area (Å²) in [5.41, 5.74) is -0.0521. The SMILES string of the molecule is C#Cc1c(F)ccc2cc(O)cc(-c3ncc4c(N5CC6CCC(C5)N6)nc(OCC5(CN6CCN(CC7CCC8(CC7)CCN(C(=O)c7ccc(OC(F)(F)F)c(N9CCC(=O)NC9=O)c7)CC8)CC6)CC5)nc4c3F)c12. The number of phenolic OH excluding ortho intramolecular Hbond substituents is 1. The summed E-state index contributed by atoms with van der Waals surface area (Å²) in [6, 6.07) is 8.83. The number of nitrogens with one attached hydrogen (secondary N) is 2. The van der Waals surface area contributed by atoms with Crippen molar-refractivity contribution in [2.24, 2.45) is 16.7 Å². The van der Waals surface area contributed by atoms with Gasteiger partial charge in [0, 0.05) is 119 Å². The van der Waals surface area contributed by atoms with Crippen LogP contribution in [-0.2, 0) is 4.79 Å². The van der Waals surface area contributed by atoms with E-state index in [1.807, 2.05) is 0 Å². The Balaban J connectivity index is 0.653. The van der Waals surface area contributed by atoms with Gasteiger partial charge in [0.2, 0.25) is 5.91 Å². The Morgan fingerprint density at radius 2 is 1.60 bits per heavy atom. The number of urea groups is 1. The molecule has 7 heterocycles. The van der Waals surface area contributed by atoms with Gasteiger partial charge in [0.1, 0.15) is 28.6 Å². The summed E-state index contributed by atoms with van der Waals surface area (Å²) in [6.45, 7) is 8.34. The van der Waals surface area contributed by atoms with Crippen LogP contribution in [0.4, 0.5) is 38.3 Å². The van der Waals surface area contributed by atoms with Gasteiger partial charge >= 0.3 is 18.4 Å². The lowest BCUT2D eigenvalue weighted by Crippen LogP contribution is -2.51. The standard InChI is InChI=1S/C57H61F5N10O6/c1-2-40-43(58)7-3-35-25-39(73)27-41(47(35)40)49-48(59)50-42(28-63-49)51(71-30-37-5-6-38(31-71)64-37)67-53(66-50)77-33-56(14-15-56)32-69-23-21-68(22-24-69)29-34-9-12-55(13-10-34)16-19-70(20-17-55)52(75)36-4-8-45(78-57(60,61)62)44(26-36)72-18-11-46(74)65-54(72)76/h1,3-4,7-8,25-28,34,37-38,64,73H,5-6,9-24,29-33H2,(H,65,74,76). The van der Waals surface area contributed by atoms with Gasteiger partial charge in [-0.05, 0) is 117 Å². The molecule has 2 unspecified atom stereocenters. The van der Waals surface area contributed by atoms with Crippen molar-refractivity contribution in [2.45, 2.75) is 89.1 Å². The quantitative estimate of drug-likeness (QED) is 0.0813. The van der Waals surface area contributed by atoms with E-state index in [1.165, 1.54) is 36.4 Å². The van der Waals surface area contributed by atoms with Crippen LogP contribution in [0, 0.1) is 40.7 Å². The van der Waals surface area contributed by atoms with Crippen molar-refractivity contribution in [1.82, 2.24) is 40.3 Å². The molecule has 12 rings (SSSR count). The van der Waals surface area contributed by atoms with E-state index < -0.39 is 35.7 Å². The second-order valence-electron chi connectivity index (χ2n) is 22.8. The number of likely N-dealkylation sites (tertiary alicyclic amines) is 1. The number of amides is 4. The van der Waals surface area contributed by atoms with Crippen LogP contribution >= 0.6 is 0 Å². The van der Waals surface area contributed by atoms with Crippen LogP contribution < -0.4 is 29.9 Å². The van der Waals surface area contributed by atoms with E-state index in [0.29, 0.717) is 55.3 Å². The number of phenols is 1. The zero-order chi connectivity index (χ0) is 54.1. The number of pyridine rings is 1. The monoisotopic (exact) mass is 1080 g/mol. The number of anilines is 2. The third-order valence-electron chi connectivity index (χ3n) is 17.7. The number of carbonyl (C=O) groups is 3. The van der Waals surface area contributed by atoms with Crippen molar-refractivity contribution < 1.29 is 50.9 Å². The number of imide groups is 1. The number of alkyl halides is 3. The largest absolute Gasteiger partial charge is 0.573 e. The summed E-state index contributed by atoms with van der Waals surface area (Å²) in [5.74, 6) is 0.485. The second-order valence-corrected chi connectivity index (χ2v) is 22.8. The fourth-order valence-electron chi connectivity index (χ4n) is 13.2. The third-order valence-corrected chi connectivity index (χ3v) is 17.7. The van der Waals surface area contributed by atoms with Gasteiger partial charge in [0.05, 0.1) is 23.2 Å². The zero-order valence-corrected chi connectivity index (χ0v) is 43.1. The van der Waals surface area contributed by atoms with Crippen LogP contribution in [0.25, 0.3) is 32.9 Å². The Morgan fingerprint density at radius 3 is 2.29 bits per heavy atom. The topological polar surface area (TPSA) is 169 Å². The number of piperazine rings is 2. The highest BCUT2D eigenvalue weighted by Gasteiger charge is 2.46. The normalized spacial score (nSPS) is 22.7. The second kappa shape index (κ2) is 20.4. The highest BCUT2D eigenvalue weighted by molar-refractivity contribution is 6.07. The molecule has 2 aliphatic carbocycles. The predicted octanol–water partition coefficient (Wildman–Crippen LogP) is 7.99. The Morgan fingerprint density at radius 1 is 0.872 bits per heavy atom. The number of benzene rings is 3. The average molecular weight is 1080 g/mol. The molecule has 16 nitrogen and oxygen atoms in total. The van der Waals surface area contributed by atoms with Crippen molar-refractivity contribution >= 4 is 51.0 Å². The maximum Gasteiger partial charge on any atom is 0.573 e. The average Bonchev–Trinajstić information content (AvgIpc) is 4.20. The first-order valence-corrected chi connectivity index (χ1v) is 27.2. The van der Waals surface area contributed by atoms with Crippen LogP contribution in [0.5, 0.6) is 17.5 Å². The summed E-state index contributed by atoms with van der Waals surface area (Å²) < 4.78 is 82.9. The molecular weight excluding hydrogens is 1020 g/mol. The van der Waals surface area contributed by atoms with Gasteiger partial charge in [0.25, 0.3) is 5.91 Å². The first-order chi connectivity index (χ1) is 37.5. The number of aromatic nitrogens is 3. The van der Waals surface area contributed by atoms with Crippen LogP contribution in [0.2, 0.25) is 0 Å². The molecule has 7 aliphatic rings. The highest BCUT2D eigenvalue weighted by Crippen LogP contribution is 2.49. The fourth-order valence-corrected chi connectivity index (χ4v) is 13.2. The molecule has 3 aromatic carbocycles. The van der Waals surface area contributed by atoms with E-state index in [0.717, 1.165) is 114 Å². The minimum atomic E-state index is -5.03. The number of ether oxygens (including phenoxy) is 2. The summed E-state index contributed by atoms with van der Waals surface area (Å²) in [4.78, 5) is 62.4. The molecule has 2 bridgehead atoms. The molecule has 4 amide bonds. The van der Waals surface area contributed by atoms with Crippen molar-refractivity contribution in [3.05, 3.63) is 71.4 Å². The lowest BCUT2D eigenvalue weighted by atomic mass is 9.65. The van der Waals surface area contributed by atoms with E-state index in [1.54, 1.807) is 11.1 Å². The summed E-state index contributed by atoms with van der Waals surface area (Å²) in [6.07, 6.45) is 12.3. The number of rotatable bonds is 12. The van der Waals surface area contributed by atoms with Crippen LogP contribution in [-0.4, -0.2) is 150 Å². The Hall–Kier alpha value is -6.89. The van der Waals surface area contributed by atoms with Gasteiger partial charge in [-0.3, -0.25) is 24.8 Å². The van der Waals surface area contributed by atoms with Gasteiger partial charge < -0.3 is 39.5 Å². The van der Waals surface area contributed by atoms with Gasteiger partial charge in [0.15, 0.2) is 11.6 Å². The number of aromatic hydroxyl groups is 1. The smallest absolute Gasteiger partial charge is 0.508 e. The van der Waals surface area contributed by atoms with Gasteiger partial charge in [-0.15, -0.1) is 19.6 Å². The van der Waals surface area contributed by atoms with E-state index in [9.17, 15) is 32.7 Å². The maximum atomic E-state index is 17.2. The molecule has 7 fully saturated rings. The molecule has 0 radical (unpaired) electrons. The highest BCUT2D eigenvalue weighted by atomic mass is 19.4. The van der Waals surface area contributed by atoms with Crippen molar-refractivity contribution in [2.75, 3.05) is 88.4 Å². The number of carbonyl (C=O) groups excluding carboxylic acids is 3. The number of hydrogen-bond acceptors (Lipinski definition) is 13. The first kappa shape index (κ1) is 51.8. The van der Waals surface area contributed by atoms with Crippen LogP contribution in [0.15, 0.2) is 48.7 Å². The molecule has 3 N–H and O–H groups in total. The molecule has 2 saturated carbocycles. The minimum Gasteiger partial charge on any atom is -0.508 e. The number of halogens is 5. The Labute approximate surface area is 447 Å². The third kappa shape index (κ3) is 10.5. The Bertz CT molecular complexity index is 3220. The van der Waals surface area contributed by atoms with Gasteiger partial charge in [-0.1, -0.05) is 12.0 Å². The number of hydrogen-bond donors (Lipinski definition) is 3. The molecule has 5 aromatic rings. The van der Waals surface area contributed by atoms with Crippen molar-refractivity contribution in [3.8, 4) is 41.1 Å². The molecule has 78 heavy (non-hydrogen) atoms. The maximum absolute atomic E-state index is 17.2. The van der Waals surface area contributed by atoms with E-state index in [4.69, 9.17) is 21.1 Å². The van der Waals surface area contributed by atoms with Gasteiger partial charge in [-0.25, -0.2) is 13.6 Å². The van der Waals surface area contributed by atoms with Crippen LogP contribution in [0.1, 0.15) is 86.6 Å². The zero-order valence-electron chi connectivity index (χ0n) is 43.1. The van der Waals surface area contributed by atoms with Crippen molar-refractivity contribution in [1.29, 1.82) is 0 Å². The summed E-state index contributed by atoms with van der Waals surface area (Å²) in [7, 11) is 0. The molecule has 5 aliphatic heterocycles. The summed E-state index contributed by atoms with van der Waals surface area (Å²) in [5, 5.41) is 17.6. The predicted molar refractivity (Wildman–Crippen MR) is 280 cm³/mol. The van der Waals surface area contributed by atoms with E-state index >= 15 is 8.78 Å².